The lowest BCUT2D eigenvalue weighted by molar-refractivity contribution is -0.117. The largest absolute Gasteiger partial charge is 0.395 e. The van der Waals surface area contributed by atoms with Crippen molar-refractivity contribution in [2.24, 2.45) is 0 Å². The molecule has 0 fully saturated rings. The summed E-state index contributed by atoms with van der Waals surface area (Å²) in [6.45, 7) is 3.37. The molecule has 96 valence electrons. The second-order valence-corrected chi connectivity index (χ2v) is 3.83. The fourth-order valence-electron chi connectivity index (χ4n) is 1.56. The molecule has 1 aromatic carbocycles. The van der Waals surface area contributed by atoms with Crippen LogP contribution in [-0.2, 0) is 4.79 Å². The molecule has 0 atom stereocenters. The first-order chi connectivity index (χ1) is 8.69. The molecule has 5 heteroatoms. The molecule has 0 aliphatic heterocycles. The quantitative estimate of drug-likeness (QED) is 0.780. The van der Waals surface area contributed by atoms with Gasteiger partial charge in [-0.1, -0.05) is 13.0 Å². The van der Waals surface area contributed by atoms with E-state index in [-0.39, 0.29) is 19.1 Å². The number of amides is 1. The Morgan fingerprint density at radius 1 is 1.56 bits per heavy atom. The van der Waals surface area contributed by atoms with Gasteiger partial charge in [0.05, 0.1) is 24.8 Å². The zero-order valence-electron chi connectivity index (χ0n) is 10.4. The number of benzene rings is 1. The van der Waals surface area contributed by atoms with Crippen molar-refractivity contribution in [1.82, 2.24) is 4.90 Å². The Kier molecular flexibility index (Phi) is 5.85. The van der Waals surface area contributed by atoms with E-state index in [1.807, 2.05) is 17.9 Å². The maximum absolute atomic E-state index is 11.7. The van der Waals surface area contributed by atoms with Crippen LogP contribution in [0.5, 0.6) is 0 Å². The number of likely N-dealkylation sites (N-methyl/N-ethyl adjacent to an activating group) is 1. The van der Waals surface area contributed by atoms with Crippen molar-refractivity contribution in [2.75, 3.05) is 31.6 Å². The Labute approximate surface area is 107 Å². The number of nitrogens with one attached hydrogen (secondary N) is 1. The number of anilines is 1. The summed E-state index contributed by atoms with van der Waals surface area (Å²) in [7, 11) is 0. The number of carbonyl (C=O) groups excluding carboxylic acids is 1. The molecule has 0 saturated heterocycles. The van der Waals surface area contributed by atoms with Crippen molar-refractivity contribution in [2.45, 2.75) is 6.92 Å². The maximum Gasteiger partial charge on any atom is 0.238 e. The Morgan fingerprint density at radius 3 is 2.94 bits per heavy atom. The molecule has 1 aromatic rings. The van der Waals surface area contributed by atoms with E-state index >= 15 is 0 Å². The number of nitriles is 1. The van der Waals surface area contributed by atoms with Gasteiger partial charge >= 0.3 is 0 Å². The molecular weight excluding hydrogens is 230 g/mol. The highest BCUT2D eigenvalue weighted by molar-refractivity contribution is 5.92. The predicted molar refractivity (Wildman–Crippen MR) is 69.0 cm³/mol. The van der Waals surface area contributed by atoms with Crippen LogP contribution >= 0.6 is 0 Å². The summed E-state index contributed by atoms with van der Waals surface area (Å²) in [5.74, 6) is -0.152. The molecule has 1 rings (SSSR count). The van der Waals surface area contributed by atoms with Gasteiger partial charge in [-0.15, -0.1) is 0 Å². The fourth-order valence-corrected chi connectivity index (χ4v) is 1.56. The molecule has 0 bridgehead atoms. The topological polar surface area (TPSA) is 76.4 Å². The lowest BCUT2D eigenvalue weighted by Gasteiger charge is -2.18. The first kappa shape index (κ1) is 14.2. The van der Waals surface area contributed by atoms with Gasteiger partial charge in [-0.05, 0) is 24.7 Å². The Hall–Kier alpha value is -1.90. The van der Waals surface area contributed by atoms with Crippen LogP contribution in [0.25, 0.3) is 0 Å². The average Bonchev–Trinajstić information content (AvgIpc) is 2.38. The number of hydrogen-bond acceptors (Lipinski definition) is 4. The lowest BCUT2D eigenvalue weighted by Crippen LogP contribution is -2.35. The standard InChI is InChI=1S/C13H17N3O2/c1-2-16(6-7-17)10-13(18)15-12-5-3-4-11(8-12)9-14/h3-5,8,17H,2,6-7,10H2,1H3,(H,15,18). The molecule has 5 nitrogen and oxygen atoms in total. The Balaban J connectivity index is 2.56. The van der Waals surface area contributed by atoms with Crippen LogP contribution in [0.1, 0.15) is 12.5 Å². The molecule has 0 radical (unpaired) electrons. The summed E-state index contributed by atoms with van der Waals surface area (Å²) in [5.41, 5.74) is 1.12. The van der Waals surface area contributed by atoms with Gasteiger partial charge in [0, 0.05) is 12.2 Å². The van der Waals surface area contributed by atoms with Crippen LogP contribution in [0, 0.1) is 11.3 Å². The zero-order valence-corrected chi connectivity index (χ0v) is 10.4. The second kappa shape index (κ2) is 7.43. The van der Waals surface area contributed by atoms with E-state index in [1.54, 1.807) is 24.3 Å². The van der Waals surface area contributed by atoms with Crippen LogP contribution in [0.3, 0.4) is 0 Å². The van der Waals surface area contributed by atoms with Crippen LogP contribution in [0.2, 0.25) is 0 Å². The van der Waals surface area contributed by atoms with E-state index in [4.69, 9.17) is 10.4 Å². The Bertz CT molecular complexity index is 440. The van der Waals surface area contributed by atoms with E-state index in [2.05, 4.69) is 5.32 Å². The minimum atomic E-state index is -0.152. The third kappa shape index (κ3) is 4.53. The van der Waals surface area contributed by atoms with Crippen LogP contribution in [0.4, 0.5) is 5.69 Å². The molecule has 0 unspecified atom stereocenters. The summed E-state index contributed by atoms with van der Waals surface area (Å²) in [6, 6.07) is 8.78. The molecular formula is C13H17N3O2. The van der Waals surface area contributed by atoms with E-state index in [0.29, 0.717) is 24.3 Å². The number of aliphatic hydroxyl groups excluding tert-OH is 1. The van der Waals surface area contributed by atoms with Gasteiger partial charge in [0.15, 0.2) is 0 Å². The highest BCUT2D eigenvalue weighted by atomic mass is 16.3. The molecule has 0 aromatic heterocycles. The molecule has 0 spiro atoms. The minimum absolute atomic E-state index is 0.0328. The molecule has 0 aliphatic carbocycles. The smallest absolute Gasteiger partial charge is 0.238 e. The first-order valence-electron chi connectivity index (χ1n) is 5.82. The predicted octanol–water partition coefficient (Wildman–Crippen LogP) is 0.811. The van der Waals surface area contributed by atoms with E-state index in [0.717, 1.165) is 0 Å². The Morgan fingerprint density at radius 2 is 2.33 bits per heavy atom. The highest BCUT2D eigenvalue weighted by Gasteiger charge is 2.08. The van der Waals surface area contributed by atoms with Crippen LogP contribution in [0.15, 0.2) is 24.3 Å². The first-order valence-corrected chi connectivity index (χ1v) is 5.82. The molecule has 2 N–H and O–H groups in total. The third-order valence-corrected chi connectivity index (χ3v) is 2.51. The van der Waals surface area contributed by atoms with Crippen molar-refractivity contribution in [1.29, 1.82) is 5.26 Å². The number of hydrogen-bond donors (Lipinski definition) is 2. The van der Waals surface area contributed by atoms with Gasteiger partial charge in [-0.25, -0.2) is 0 Å². The fraction of sp³-hybridized carbons (Fsp3) is 0.385. The van der Waals surface area contributed by atoms with Crippen LogP contribution < -0.4 is 5.32 Å². The second-order valence-electron chi connectivity index (χ2n) is 3.83. The summed E-state index contributed by atoms with van der Waals surface area (Å²) in [4.78, 5) is 13.6. The lowest BCUT2D eigenvalue weighted by atomic mass is 10.2. The van der Waals surface area contributed by atoms with E-state index < -0.39 is 0 Å². The maximum atomic E-state index is 11.7. The highest BCUT2D eigenvalue weighted by Crippen LogP contribution is 2.09. The third-order valence-electron chi connectivity index (χ3n) is 2.51. The number of rotatable bonds is 6. The van der Waals surface area contributed by atoms with Crippen molar-refractivity contribution in [3.63, 3.8) is 0 Å². The summed E-state index contributed by atoms with van der Waals surface area (Å²) in [6.07, 6.45) is 0. The summed E-state index contributed by atoms with van der Waals surface area (Å²) >= 11 is 0. The van der Waals surface area contributed by atoms with Crippen molar-refractivity contribution in [3.05, 3.63) is 29.8 Å². The summed E-state index contributed by atoms with van der Waals surface area (Å²) in [5, 5.41) is 20.3. The normalized spacial score (nSPS) is 10.1. The number of carbonyl (C=O) groups is 1. The van der Waals surface area contributed by atoms with E-state index in [1.165, 1.54) is 0 Å². The number of aliphatic hydroxyl groups is 1. The van der Waals surface area contributed by atoms with E-state index in [9.17, 15) is 4.79 Å². The molecule has 0 heterocycles. The zero-order chi connectivity index (χ0) is 13.4. The van der Waals surface area contributed by atoms with Gasteiger partial charge in [-0.3, -0.25) is 9.69 Å². The average molecular weight is 247 g/mol. The monoisotopic (exact) mass is 247 g/mol. The molecule has 0 aliphatic rings. The molecule has 18 heavy (non-hydrogen) atoms. The van der Waals surface area contributed by atoms with Gasteiger partial charge in [0.1, 0.15) is 0 Å². The molecule has 0 saturated carbocycles. The SMILES string of the molecule is CCN(CCO)CC(=O)Nc1cccc(C#N)c1. The minimum Gasteiger partial charge on any atom is -0.395 e. The summed E-state index contributed by atoms with van der Waals surface area (Å²) < 4.78 is 0. The van der Waals surface area contributed by atoms with Gasteiger partial charge in [0.25, 0.3) is 0 Å². The van der Waals surface area contributed by atoms with Crippen LogP contribution in [-0.4, -0.2) is 42.2 Å². The van der Waals surface area contributed by atoms with Crippen molar-refractivity contribution >= 4 is 11.6 Å². The van der Waals surface area contributed by atoms with Crippen molar-refractivity contribution in [3.8, 4) is 6.07 Å². The number of nitrogens with zero attached hydrogens (tertiary/aromatic N) is 2. The molecule has 1 amide bonds. The van der Waals surface area contributed by atoms with Crippen molar-refractivity contribution < 1.29 is 9.90 Å². The van der Waals surface area contributed by atoms with Gasteiger partial charge in [0.2, 0.25) is 5.91 Å². The van der Waals surface area contributed by atoms with Gasteiger partial charge < -0.3 is 10.4 Å². The van der Waals surface area contributed by atoms with Gasteiger partial charge in [-0.2, -0.15) is 5.26 Å².